The maximum Gasteiger partial charge on any atom is 0.407 e. The number of benzene rings is 2. The number of hydrogen-bond donors (Lipinski definition) is 2. The molecular weight excluding hydrogens is 432 g/mol. The monoisotopic (exact) mass is 464 g/mol. The summed E-state index contributed by atoms with van der Waals surface area (Å²) in [4.78, 5) is 38.7. The maximum atomic E-state index is 13.2. The molecule has 1 unspecified atom stereocenters. The third-order valence-electron chi connectivity index (χ3n) is 7.16. The van der Waals surface area contributed by atoms with E-state index >= 15 is 0 Å². The summed E-state index contributed by atoms with van der Waals surface area (Å²) in [5.74, 6) is -1.20. The van der Waals surface area contributed by atoms with Gasteiger partial charge in [-0.05, 0) is 40.5 Å². The molecule has 0 bridgehead atoms. The zero-order valence-corrected chi connectivity index (χ0v) is 19.7. The zero-order chi connectivity index (χ0) is 24.2. The van der Waals surface area contributed by atoms with Crippen LogP contribution in [-0.2, 0) is 14.3 Å². The maximum absolute atomic E-state index is 13.2. The first-order valence-electron chi connectivity index (χ1n) is 12.0. The molecule has 2 aromatic rings. The van der Waals surface area contributed by atoms with Gasteiger partial charge in [-0.25, -0.2) is 4.79 Å². The van der Waals surface area contributed by atoms with Gasteiger partial charge in [-0.1, -0.05) is 68.8 Å². The predicted octanol–water partition coefficient (Wildman–Crippen LogP) is 4.26. The van der Waals surface area contributed by atoms with Gasteiger partial charge in [0.1, 0.15) is 12.6 Å². The molecule has 0 aromatic heterocycles. The van der Waals surface area contributed by atoms with Gasteiger partial charge >= 0.3 is 12.1 Å². The van der Waals surface area contributed by atoms with Gasteiger partial charge in [0, 0.05) is 25.4 Å². The highest BCUT2D eigenvalue weighted by atomic mass is 16.5. The van der Waals surface area contributed by atoms with Crippen LogP contribution >= 0.6 is 0 Å². The fourth-order valence-electron chi connectivity index (χ4n) is 5.09. The normalized spacial score (nSPS) is 18.6. The number of carboxylic acids is 1. The minimum Gasteiger partial charge on any atom is -0.481 e. The van der Waals surface area contributed by atoms with Gasteiger partial charge in [-0.15, -0.1) is 0 Å². The van der Waals surface area contributed by atoms with Gasteiger partial charge in [0.25, 0.3) is 0 Å². The van der Waals surface area contributed by atoms with Crippen molar-refractivity contribution in [2.24, 2.45) is 11.8 Å². The van der Waals surface area contributed by atoms with Gasteiger partial charge < -0.3 is 20.1 Å². The number of nitrogens with zero attached hydrogens (tertiary/aromatic N) is 1. The Morgan fingerprint density at radius 1 is 1.09 bits per heavy atom. The summed E-state index contributed by atoms with van der Waals surface area (Å²) >= 11 is 0. The third kappa shape index (κ3) is 4.93. The Hall–Kier alpha value is -3.35. The summed E-state index contributed by atoms with van der Waals surface area (Å²) in [5.41, 5.74) is 4.58. The molecule has 34 heavy (non-hydrogen) atoms. The molecule has 1 heterocycles. The molecule has 1 fully saturated rings. The van der Waals surface area contributed by atoms with Crippen LogP contribution in [0.25, 0.3) is 11.1 Å². The Kier molecular flexibility index (Phi) is 7.20. The predicted molar refractivity (Wildman–Crippen MR) is 128 cm³/mol. The van der Waals surface area contributed by atoms with Crippen LogP contribution in [0.15, 0.2) is 48.5 Å². The number of nitrogens with one attached hydrogen (secondary N) is 1. The second kappa shape index (κ2) is 10.3. The SMILES string of the molecule is CC[C@H](C)[C@H](NC(=O)OCC1c2ccccc2-c2ccccc21)C(=O)N1CCC(CC(=O)O)C1. The first kappa shape index (κ1) is 23.8. The van der Waals surface area contributed by atoms with Crippen LogP contribution in [0.5, 0.6) is 0 Å². The van der Waals surface area contributed by atoms with Gasteiger partial charge in [-0.2, -0.15) is 0 Å². The fourth-order valence-corrected chi connectivity index (χ4v) is 5.09. The molecule has 0 radical (unpaired) electrons. The van der Waals surface area contributed by atoms with Crippen LogP contribution in [0.4, 0.5) is 4.79 Å². The van der Waals surface area contributed by atoms with E-state index in [1.54, 1.807) is 4.90 Å². The van der Waals surface area contributed by atoms with E-state index in [1.165, 1.54) is 0 Å². The molecule has 1 aliphatic carbocycles. The molecular formula is C27H32N2O5. The fraction of sp³-hybridized carbons (Fsp3) is 0.444. The number of amides is 2. The highest BCUT2D eigenvalue weighted by Crippen LogP contribution is 2.44. The summed E-state index contributed by atoms with van der Waals surface area (Å²) in [7, 11) is 0. The van der Waals surface area contributed by atoms with Crippen molar-refractivity contribution in [3.63, 3.8) is 0 Å². The van der Waals surface area contributed by atoms with Crippen molar-refractivity contribution >= 4 is 18.0 Å². The van der Waals surface area contributed by atoms with E-state index in [4.69, 9.17) is 9.84 Å². The third-order valence-corrected chi connectivity index (χ3v) is 7.16. The molecule has 1 aliphatic heterocycles. The lowest BCUT2D eigenvalue weighted by molar-refractivity contribution is -0.139. The highest BCUT2D eigenvalue weighted by Gasteiger charge is 2.35. The molecule has 2 N–H and O–H groups in total. The lowest BCUT2D eigenvalue weighted by Crippen LogP contribution is -2.51. The Labute approximate surface area is 200 Å². The number of alkyl carbamates (subject to hydrolysis) is 1. The summed E-state index contributed by atoms with van der Waals surface area (Å²) in [6.45, 7) is 5.00. The van der Waals surface area contributed by atoms with Crippen molar-refractivity contribution in [2.45, 2.75) is 45.1 Å². The standard InChI is InChI=1S/C27H32N2O5/c1-3-17(2)25(26(32)29-13-12-18(15-29)14-24(30)31)28-27(33)34-16-23-21-10-6-4-8-19(21)20-9-5-7-11-22(20)23/h4-11,17-18,23,25H,3,12-16H2,1-2H3,(H,28,33)(H,30,31)/t17-,18?,25-/m0/s1. The van der Waals surface area contributed by atoms with Crippen molar-refractivity contribution < 1.29 is 24.2 Å². The van der Waals surface area contributed by atoms with Gasteiger partial charge in [0.2, 0.25) is 5.91 Å². The summed E-state index contributed by atoms with van der Waals surface area (Å²) in [6.07, 6.45) is 0.821. The van der Waals surface area contributed by atoms with E-state index in [2.05, 4.69) is 29.6 Å². The van der Waals surface area contributed by atoms with Gasteiger partial charge in [0.05, 0.1) is 0 Å². The summed E-state index contributed by atoms with van der Waals surface area (Å²) in [5, 5.41) is 11.9. The Morgan fingerprint density at radius 3 is 2.29 bits per heavy atom. The lowest BCUT2D eigenvalue weighted by atomic mass is 9.97. The van der Waals surface area contributed by atoms with Crippen LogP contribution in [0, 0.1) is 11.8 Å². The molecule has 2 aliphatic rings. The van der Waals surface area contributed by atoms with Crippen molar-refractivity contribution in [1.82, 2.24) is 10.2 Å². The lowest BCUT2D eigenvalue weighted by Gasteiger charge is -2.28. The molecule has 1 saturated heterocycles. The second-order valence-electron chi connectivity index (χ2n) is 9.37. The Balaban J connectivity index is 1.40. The van der Waals surface area contributed by atoms with Crippen LogP contribution in [0.1, 0.15) is 50.2 Å². The van der Waals surface area contributed by atoms with Crippen molar-refractivity contribution in [3.8, 4) is 11.1 Å². The highest BCUT2D eigenvalue weighted by molar-refractivity contribution is 5.86. The summed E-state index contributed by atoms with van der Waals surface area (Å²) in [6, 6.07) is 15.6. The average molecular weight is 465 g/mol. The van der Waals surface area contributed by atoms with E-state index in [1.807, 2.05) is 38.1 Å². The van der Waals surface area contributed by atoms with Crippen molar-refractivity contribution in [2.75, 3.05) is 19.7 Å². The number of aliphatic carboxylic acids is 1. The Bertz CT molecular complexity index is 1020. The molecule has 0 spiro atoms. The van der Waals surface area contributed by atoms with Gasteiger partial charge in [0.15, 0.2) is 0 Å². The topological polar surface area (TPSA) is 95.9 Å². The number of carboxylic acid groups (broad SMARTS) is 1. The smallest absolute Gasteiger partial charge is 0.407 e. The van der Waals surface area contributed by atoms with Gasteiger partial charge in [-0.3, -0.25) is 9.59 Å². The summed E-state index contributed by atoms with van der Waals surface area (Å²) < 4.78 is 5.65. The first-order chi connectivity index (χ1) is 16.4. The number of fused-ring (bicyclic) bond motifs is 3. The largest absolute Gasteiger partial charge is 0.481 e. The number of carbonyl (C=O) groups is 3. The number of carbonyl (C=O) groups excluding carboxylic acids is 2. The molecule has 0 saturated carbocycles. The van der Waals surface area contributed by atoms with Crippen molar-refractivity contribution in [3.05, 3.63) is 59.7 Å². The van der Waals surface area contributed by atoms with Crippen molar-refractivity contribution in [1.29, 1.82) is 0 Å². The number of hydrogen-bond acceptors (Lipinski definition) is 4. The van der Waals surface area contributed by atoms with Crippen LogP contribution in [-0.4, -0.2) is 53.7 Å². The van der Waals surface area contributed by atoms with E-state index in [0.29, 0.717) is 25.9 Å². The molecule has 7 nitrogen and oxygen atoms in total. The van der Waals surface area contributed by atoms with E-state index < -0.39 is 18.1 Å². The van der Waals surface area contributed by atoms with Crippen LogP contribution in [0.2, 0.25) is 0 Å². The molecule has 2 amide bonds. The number of ether oxygens (including phenoxy) is 1. The Morgan fingerprint density at radius 2 is 1.71 bits per heavy atom. The molecule has 2 aromatic carbocycles. The molecule has 3 atom stereocenters. The molecule has 7 heteroatoms. The minimum atomic E-state index is -0.852. The van der Waals surface area contributed by atoms with Crippen LogP contribution < -0.4 is 5.32 Å². The number of likely N-dealkylation sites (tertiary alicyclic amines) is 1. The second-order valence-corrected chi connectivity index (χ2v) is 9.37. The quantitative estimate of drug-likeness (QED) is 0.609. The first-order valence-corrected chi connectivity index (χ1v) is 12.0. The average Bonchev–Trinajstić information content (AvgIpc) is 3.42. The van der Waals surface area contributed by atoms with E-state index in [9.17, 15) is 14.4 Å². The molecule has 4 rings (SSSR count). The number of rotatable bonds is 8. The zero-order valence-electron chi connectivity index (χ0n) is 19.7. The van der Waals surface area contributed by atoms with E-state index in [-0.39, 0.29) is 36.7 Å². The molecule has 180 valence electrons. The minimum absolute atomic E-state index is 0.0477. The van der Waals surface area contributed by atoms with E-state index in [0.717, 1.165) is 22.3 Å². The van der Waals surface area contributed by atoms with Crippen LogP contribution in [0.3, 0.4) is 0 Å².